The molecule has 2 saturated heterocycles. The minimum atomic E-state index is -0.413. The highest BCUT2D eigenvalue weighted by Crippen LogP contribution is 2.33. The number of benzene rings is 1. The fraction of sp³-hybridized carbons (Fsp3) is 0.636. The molecule has 1 spiro atoms. The minimum Gasteiger partial charge on any atom is -0.372 e. The molecule has 0 unspecified atom stereocenters. The van der Waals surface area contributed by atoms with E-state index in [0.29, 0.717) is 32.7 Å². The molecule has 1 aromatic carbocycles. The molecule has 2 heterocycles. The van der Waals surface area contributed by atoms with Crippen LogP contribution in [0.4, 0.5) is 0 Å². The van der Waals surface area contributed by atoms with Crippen molar-refractivity contribution in [1.29, 1.82) is 0 Å². The second-order valence-electron chi connectivity index (χ2n) is 8.56. The molecule has 1 aromatic rings. The van der Waals surface area contributed by atoms with Crippen LogP contribution in [0.25, 0.3) is 0 Å². The summed E-state index contributed by atoms with van der Waals surface area (Å²) in [6.45, 7) is 8.13. The van der Waals surface area contributed by atoms with E-state index in [1.807, 2.05) is 49.9 Å². The summed E-state index contributed by atoms with van der Waals surface area (Å²) in [7, 11) is 4.03. The van der Waals surface area contributed by atoms with E-state index in [-0.39, 0.29) is 11.8 Å². The summed E-state index contributed by atoms with van der Waals surface area (Å²) < 4.78 is 6.20. The van der Waals surface area contributed by atoms with E-state index in [4.69, 9.17) is 4.74 Å². The van der Waals surface area contributed by atoms with E-state index in [2.05, 4.69) is 11.0 Å². The molecular weight excluding hydrogens is 354 g/mol. The van der Waals surface area contributed by atoms with Crippen molar-refractivity contribution in [2.75, 3.05) is 53.4 Å². The highest BCUT2D eigenvalue weighted by Gasteiger charge is 2.41. The number of ether oxygens (including phenoxy) is 1. The lowest BCUT2D eigenvalue weighted by Crippen LogP contribution is -2.49. The van der Waals surface area contributed by atoms with Gasteiger partial charge in [-0.05, 0) is 52.9 Å². The van der Waals surface area contributed by atoms with E-state index >= 15 is 0 Å². The van der Waals surface area contributed by atoms with Crippen molar-refractivity contribution in [3.63, 3.8) is 0 Å². The first kappa shape index (κ1) is 20.8. The van der Waals surface area contributed by atoms with Gasteiger partial charge in [0.25, 0.3) is 5.91 Å². The van der Waals surface area contributed by atoms with Gasteiger partial charge in [-0.2, -0.15) is 0 Å². The van der Waals surface area contributed by atoms with Gasteiger partial charge in [0.05, 0.1) is 18.6 Å². The molecule has 28 heavy (non-hydrogen) atoms. The number of aryl methyl sites for hydroxylation is 2. The number of piperidine rings is 1. The van der Waals surface area contributed by atoms with Crippen LogP contribution in [-0.2, 0) is 9.53 Å². The summed E-state index contributed by atoms with van der Waals surface area (Å²) in [4.78, 5) is 31.6. The minimum absolute atomic E-state index is 0.0780. The standard InChI is InChI=1S/C22H33N3O3/c1-17-13-18(2)15-19(14-17)21(27)25-7-5-22(6-8-25)16-20(26)24(11-12-28-22)10-9-23(3)4/h13-15H,5-12,16H2,1-4H3. The molecule has 0 atom stereocenters. The first-order valence-electron chi connectivity index (χ1n) is 10.2. The van der Waals surface area contributed by atoms with Crippen LogP contribution in [0, 0.1) is 13.8 Å². The maximum Gasteiger partial charge on any atom is 0.253 e. The largest absolute Gasteiger partial charge is 0.372 e. The van der Waals surface area contributed by atoms with Gasteiger partial charge in [-0.15, -0.1) is 0 Å². The summed E-state index contributed by atoms with van der Waals surface area (Å²) in [5, 5.41) is 0. The maximum atomic E-state index is 12.9. The van der Waals surface area contributed by atoms with Crippen molar-refractivity contribution < 1.29 is 14.3 Å². The number of hydrogen-bond donors (Lipinski definition) is 0. The number of rotatable bonds is 4. The van der Waals surface area contributed by atoms with Gasteiger partial charge in [0.2, 0.25) is 5.91 Å². The average molecular weight is 388 g/mol. The van der Waals surface area contributed by atoms with Crippen LogP contribution in [0.2, 0.25) is 0 Å². The van der Waals surface area contributed by atoms with Crippen molar-refractivity contribution in [3.8, 4) is 0 Å². The van der Waals surface area contributed by atoms with Crippen molar-refractivity contribution in [1.82, 2.24) is 14.7 Å². The quantitative estimate of drug-likeness (QED) is 0.794. The Morgan fingerprint density at radius 3 is 2.36 bits per heavy atom. The molecule has 154 valence electrons. The zero-order valence-corrected chi connectivity index (χ0v) is 17.7. The van der Waals surface area contributed by atoms with Crippen molar-refractivity contribution >= 4 is 11.8 Å². The molecule has 0 radical (unpaired) electrons. The van der Waals surface area contributed by atoms with E-state index in [1.165, 1.54) is 0 Å². The molecule has 0 saturated carbocycles. The summed E-state index contributed by atoms with van der Waals surface area (Å²) in [6.07, 6.45) is 1.86. The van der Waals surface area contributed by atoms with Gasteiger partial charge in [-0.3, -0.25) is 9.59 Å². The molecule has 2 amide bonds. The average Bonchev–Trinajstić information content (AvgIpc) is 2.78. The molecule has 2 aliphatic rings. The fourth-order valence-corrected chi connectivity index (χ4v) is 4.21. The second kappa shape index (κ2) is 8.62. The summed E-state index contributed by atoms with van der Waals surface area (Å²) in [6, 6.07) is 5.98. The zero-order valence-electron chi connectivity index (χ0n) is 17.7. The first-order chi connectivity index (χ1) is 13.3. The van der Waals surface area contributed by atoms with Crippen molar-refractivity contribution in [2.24, 2.45) is 0 Å². The van der Waals surface area contributed by atoms with E-state index in [1.54, 1.807) is 0 Å². The smallest absolute Gasteiger partial charge is 0.253 e. The van der Waals surface area contributed by atoms with Crippen molar-refractivity contribution in [3.05, 3.63) is 34.9 Å². The van der Waals surface area contributed by atoms with E-state index in [0.717, 1.165) is 42.6 Å². The first-order valence-corrected chi connectivity index (χ1v) is 10.2. The lowest BCUT2D eigenvalue weighted by molar-refractivity contribution is -0.135. The lowest BCUT2D eigenvalue weighted by atomic mass is 9.87. The Morgan fingerprint density at radius 2 is 1.75 bits per heavy atom. The van der Waals surface area contributed by atoms with Crippen LogP contribution in [0.3, 0.4) is 0 Å². The fourth-order valence-electron chi connectivity index (χ4n) is 4.21. The number of carbonyl (C=O) groups is 2. The predicted octanol–water partition coefficient (Wildman–Crippen LogP) is 2.09. The van der Waals surface area contributed by atoms with E-state index in [9.17, 15) is 9.59 Å². The van der Waals surface area contributed by atoms with Crippen LogP contribution < -0.4 is 0 Å². The van der Waals surface area contributed by atoms with Gasteiger partial charge in [0.1, 0.15) is 0 Å². The predicted molar refractivity (Wildman–Crippen MR) is 109 cm³/mol. The van der Waals surface area contributed by atoms with Gasteiger partial charge < -0.3 is 19.4 Å². The molecule has 2 aliphatic heterocycles. The van der Waals surface area contributed by atoms with Gasteiger partial charge in [0, 0.05) is 38.3 Å². The molecule has 0 bridgehead atoms. The Morgan fingerprint density at radius 1 is 1.11 bits per heavy atom. The van der Waals surface area contributed by atoms with Gasteiger partial charge in [0.15, 0.2) is 0 Å². The van der Waals surface area contributed by atoms with Gasteiger partial charge >= 0.3 is 0 Å². The molecule has 0 N–H and O–H groups in total. The lowest BCUT2D eigenvalue weighted by Gasteiger charge is -2.40. The topological polar surface area (TPSA) is 53.1 Å². The number of likely N-dealkylation sites (tertiary alicyclic amines) is 1. The Hall–Kier alpha value is -1.92. The molecule has 3 rings (SSSR count). The Bertz CT molecular complexity index is 703. The number of hydrogen-bond acceptors (Lipinski definition) is 4. The van der Waals surface area contributed by atoms with Crippen LogP contribution in [0.5, 0.6) is 0 Å². The van der Waals surface area contributed by atoms with E-state index < -0.39 is 5.60 Å². The summed E-state index contributed by atoms with van der Waals surface area (Å²) in [5.41, 5.74) is 2.55. The highest BCUT2D eigenvalue weighted by molar-refractivity contribution is 5.94. The number of likely N-dealkylation sites (N-methyl/N-ethyl adjacent to an activating group) is 1. The zero-order chi connectivity index (χ0) is 20.3. The third-order valence-electron chi connectivity index (χ3n) is 5.84. The molecule has 6 heteroatoms. The molecule has 0 aromatic heterocycles. The Kier molecular flexibility index (Phi) is 6.40. The maximum absolute atomic E-state index is 12.9. The van der Waals surface area contributed by atoms with Crippen molar-refractivity contribution in [2.45, 2.75) is 38.7 Å². The summed E-state index contributed by atoms with van der Waals surface area (Å²) >= 11 is 0. The highest BCUT2D eigenvalue weighted by atomic mass is 16.5. The van der Waals surface area contributed by atoms with Crippen LogP contribution in [0.15, 0.2) is 18.2 Å². The number of nitrogens with zero attached hydrogens (tertiary/aromatic N) is 3. The Labute approximate surface area is 168 Å². The normalized spacial score (nSPS) is 20.0. The number of amides is 2. The van der Waals surface area contributed by atoms with Crippen LogP contribution in [0.1, 0.15) is 40.7 Å². The van der Waals surface area contributed by atoms with Crippen LogP contribution >= 0.6 is 0 Å². The third-order valence-corrected chi connectivity index (χ3v) is 5.84. The molecule has 2 fully saturated rings. The monoisotopic (exact) mass is 387 g/mol. The Balaban J connectivity index is 1.61. The van der Waals surface area contributed by atoms with Gasteiger partial charge in [-0.25, -0.2) is 0 Å². The molecule has 0 aliphatic carbocycles. The second-order valence-corrected chi connectivity index (χ2v) is 8.56. The SMILES string of the molecule is Cc1cc(C)cc(C(=O)N2CCC3(CC2)CC(=O)N(CCN(C)C)CCO3)c1. The van der Waals surface area contributed by atoms with Gasteiger partial charge in [-0.1, -0.05) is 17.2 Å². The van der Waals surface area contributed by atoms with Crippen LogP contribution in [-0.4, -0.2) is 85.5 Å². The third kappa shape index (κ3) is 4.92. The molecular formula is C22H33N3O3. The molecule has 6 nitrogen and oxygen atoms in total. The number of carbonyl (C=O) groups excluding carboxylic acids is 2. The summed E-state index contributed by atoms with van der Waals surface area (Å²) in [5.74, 6) is 0.252.